The molecule has 1 aliphatic heterocycles. The number of carbonyl (C=O) groups excluding carboxylic acids is 2. The molecular weight excluding hydrogens is 420 g/mol. The van der Waals surface area contributed by atoms with Crippen molar-refractivity contribution in [1.29, 1.82) is 0 Å². The second-order valence-corrected chi connectivity index (χ2v) is 8.21. The van der Waals surface area contributed by atoms with Gasteiger partial charge < -0.3 is 4.74 Å². The molecule has 0 saturated carbocycles. The van der Waals surface area contributed by atoms with Crippen LogP contribution in [0.25, 0.3) is 17.0 Å². The maximum atomic E-state index is 13.1. The predicted molar refractivity (Wildman–Crippen MR) is 126 cm³/mol. The highest BCUT2D eigenvalue weighted by Crippen LogP contribution is 2.47. The largest absolute Gasteiger partial charge is 0.452 e. The van der Waals surface area contributed by atoms with E-state index in [0.29, 0.717) is 0 Å². The Labute approximate surface area is 189 Å². The Hall–Kier alpha value is -3.90. The molecule has 6 heteroatoms. The second kappa shape index (κ2) is 8.69. The third-order valence-electron chi connectivity index (χ3n) is 5.08. The molecule has 3 aromatic carbocycles. The number of aromatic nitrogens is 1. The van der Waals surface area contributed by atoms with Crippen molar-refractivity contribution in [2.24, 2.45) is 0 Å². The molecule has 1 amide bonds. The Kier molecular flexibility index (Phi) is 5.44. The van der Waals surface area contributed by atoms with Gasteiger partial charge in [0, 0.05) is 33.0 Å². The first-order valence-electron chi connectivity index (χ1n) is 10.1. The Balaban J connectivity index is 1.32. The van der Waals surface area contributed by atoms with Crippen LogP contribution in [0.5, 0.6) is 0 Å². The molecule has 0 N–H and O–H groups in total. The normalized spacial score (nSPS) is 12.4. The van der Waals surface area contributed by atoms with Gasteiger partial charge in [0.05, 0.1) is 16.9 Å². The van der Waals surface area contributed by atoms with E-state index in [4.69, 9.17) is 4.74 Å². The molecule has 0 fully saturated rings. The maximum Gasteiger partial charge on any atom is 0.331 e. The Morgan fingerprint density at radius 3 is 2.31 bits per heavy atom. The van der Waals surface area contributed by atoms with Crippen LogP contribution in [-0.4, -0.2) is 23.5 Å². The van der Waals surface area contributed by atoms with Gasteiger partial charge in [0.1, 0.15) is 0 Å². The summed E-state index contributed by atoms with van der Waals surface area (Å²) in [4.78, 5) is 33.4. The van der Waals surface area contributed by atoms with Gasteiger partial charge in [0.2, 0.25) is 0 Å². The van der Waals surface area contributed by atoms with E-state index in [9.17, 15) is 9.59 Å². The van der Waals surface area contributed by atoms with Crippen molar-refractivity contribution in [3.63, 3.8) is 0 Å². The van der Waals surface area contributed by atoms with Crippen LogP contribution >= 0.6 is 11.8 Å². The highest BCUT2D eigenvalue weighted by molar-refractivity contribution is 7.99. The lowest BCUT2D eigenvalue weighted by atomic mass is 10.1. The number of hydrogen-bond acceptors (Lipinski definition) is 5. The highest BCUT2D eigenvalue weighted by atomic mass is 32.2. The quantitative estimate of drug-likeness (QED) is 0.306. The van der Waals surface area contributed by atoms with Crippen LogP contribution in [0.4, 0.5) is 11.4 Å². The Morgan fingerprint density at radius 1 is 0.875 bits per heavy atom. The molecular formula is C26H18N2O3S. The summed E-state index contributed by atoms with van der Waals surface area (Å²) in [7, 11) is 0. The summed E-state index contributed by atoms with van der Waals surface area (Å²) in [5.41, 5.74) is 3.18. The van der Waals surface area contributed by atoms with Gasteiger partial charge in [-0.1, -0.05) is 60.3 Å². The molecule has 0 bridgehead atoms. The summed E-state index contributed by atoms with van der Waals surface area (Å²) in [6.07, 6.45) is 4.69. The number of nitrogens with zero attached hydrogens (tertiary/aromatic N) is 2. The van der Waals surface area contributed by atoms with E-state index in [1.807, 2.05) is 78.9 Å². The molecule has 0 spiro atoms. The van der Waals surface area contributed by atoms with Gasteiger partial charge >= 0.3 is 5.97 Å². The standard InChI is InChI=1S/C26H18N2O3S/c29-24(28-20-10-1-3-12-22(20)32-23-13-4-2-11-21(23)28)17-31-25(30)15-14-19-8-5-7-18-9-6-16-27-26(18)19/h1-16H,17H2/b15-14+. The molecule has 0 aliphatic carbocycles. The van der Waals surface area contributed by atoms with Gasteiger partial charge in [-0.2, -0.15) is 0 Å². The van der Waals surface area contributed by atoms with Crippen molar-refractivity contribution in [1.82, 2.24) is 4.98 Å². The average Bonchev–Trinajstić information content (AvgIpc) is 2.84. The molecule has 156 valence electrons. The van der Waals surface area contributed by atoms with E-state index in [1.54, 1.807) is 28.9 Å². The molecule has 0 atom stereocenters. The van der Waals surface area contributed by atoms with Crippen molar-refractivity contribution in [2.45, 2.75) is 9.79 Å². The van der Waals surface area contributed by atoms with Crippen LogP contribution < -0.4 is 4.90 Å². The average molecular weight is 439 g/mol. The lowest BCUT2D eigenvalue weighted by Crippen LogP contribution is -2.32. The SMILES string of the molecule is O=C(/C=C/c1cccc2cccnc12)OCC(=O)N1c2ccccc2Sc2ccccc21. The van der Waals surface area contributed by atoms with Gasteiger partial charge in [-0.05, 0) is 36.4 Å². The first-order valence-corrected chi connectivity index (χ1v) is 10.9. The van der Waals surface area contributed by atoms with Crippen LogP contribution in [0.1, 0.15) is 5.56 Å². The lowest BCUT2D eigenvalue weighted by molar-refractivity contribution is -0.142. The number of esters is 1. The Bertz CT molecular complexity index is 1320. The minimum Gasteiger partial charge on any atom is -0.452 e. The van der Waals surface area contributed by atoms with E-state index in [1.165, 1.54) is 6.08 Å². The van der Waals surface area contributed by atoms with E-state index in [0.717, 1.165) is 37.6 Å². The van der Waals surface area contributed by atoms with Crippen molar-refractivity contribution >= 4 is 52.0 Å². The summed E-state index contributed by atoms with van der Waals surface area (Å²) in [6, 6.07) is 25.0. The molecule has 2 heterocycles. The van der Waals surface area contributed by atoms with Gasteiger partial charge in [-0.15, -0.1) is 0 Å². The van der Waals surface area contributed by atoms with Gasteiger partial charge in [0.15, 0.2) is 6.61 Å². The van der Waals surface area contributed by atoms with Crippen molar-refractivity contribution < 1.29 is 14.3 Å². The van der Waals surface area contributed by atoms with Crippen LogP contribution in [0.2, 0.25) is 0 Å². The van der Waals surface area contributed by atoms with Crippen LogP contribution in [0.3, 0.4) is 0 Å². The summed E-state index contributed by atoms with van der Waals surface area (Å²) in [5.74, 6) is -0.891. The minimum atomic E-state index is -0.584. The van der Waals surface area contributed by atoms with Crippen molar-refractivity contribution in [2.75, 3.05) is 11.5 Å². The molecule has 4 aromatic rings. The molecule has 1 aliphatic rings. The summed E-state index contributed by atoms with van der Waals surface area (Å²) in [6.45, 7) is -0.357. The van der Waals surface area contributed by atoms with E-state index < -0.39 is 5.97 Å². The van der Waals surface area contributed by atoms with Crippen LogP contribution in [0.15, 0.2) is 101 Å². The maximum absolute atomic E-state index is 13.1. The van der Waals surface area contributed by atoms with Crippen LogP contribution in [0, 0.1) is 0 Å². The highest BCUT2D eigenvalue weighted by Gasteiger charge is 2.28. The molecule has 0 saturated heterocycles. The second-order valence-electron chi connectivity index (χ2n) is 7.13. The number of pyridine rings is 1. The Morgan fingerprint density at radius 2 is 1.56 bits per heavy atom. The molecule has 0 radical (unpaired) electrons. The zero-order valence-electron chi connectivity index (χ0n) is 17.0. The number of amides is 1. The third-order valence-corrected chi connectivity index (χ3v) is 6.21. The number of fused-ring (bicyclic) bond motifs is 3. The lowest BCUT2D eigenvalue weighted by Gasteiger charge is -2.30. The van der Waals surface area contributed by atoms with E-state index >= 15 is 0 Å². The number of hydrogen-bond donors (Lipinski definition) is 0. The fourth-order valence-corrected chi connectivity index (χ4v) is 4.70. The monoisotopic (exact) mass is 438 g/mol. The third kappa shape index (κ3) is 3.88. The predicted octanol–water partition coefficient (Wildman–Crippen LogP) is 5.62. The number of para-hydroxylation sites is 3. The topological polar surface area (TPSA) is 59.5 Å². The van der Waals surface area contributed by atoms with Crippen molar-refractivity contribution in [3.8, 4) is 0 Å². The molecule has 32 heavy (non-hydrogen) atoms. The van der Waals surface area contributed by atoms with Gasteiger partial charge in [0.25, 0.3) is 5.91 Å². The summed E-state index contributed by atoms with van der Waals surface area (Å²) >= 11 is 1.62. The summed E-state index contributed by atoms with van der Waals surface area (Å²) in [5, 5.41) is 0.985. The molecule has 5 rings (SSSR count). The van der Waals surface area contributed by atoms with Gasteiger partial charge in [-0.25, -0.2) is 4.79 Å². The molecule has 0 unspecified atom stereocenters. The number of anilines is 2. The molecule has 1 aromatic heterocycles. The van der Waals surface area contributed by atoms with Crippen LogP contribution in [-0.2, 0) is 14.3 Å². The first kappa shape index (κ1) is 20.0. The number of carbonyl (C=O) groups is 2. The fraction of sp³-hybridized carbons (Fsp3) is 0.0385. The number of rotatable bonds is 4. The zero-order valence-corrected chi connectivity index (χ0v) is 17.8. The van der Waals surface area contributed by atoms with Crippen molar-refractivity contribution in [3.05, 3.63) is 96.7 Å². The summed E-state index contributed by atoms with van der Waals surface area (Å²) < 4.78 is 5.28. The fourth-order valence-electron chi connectivity index (χ4n) is 3.64. The number of ether oxygens (including phenoxy) is 1. The van der Waals surface area contributed by atoms with Gasteiger partial charge in [-0.3, -0.25) is 14.7 Å². The zero-order chi connectivity index (χ0) is 21.9. The van der Waals surface area contributed by atoms with E-state index in [-0.39, 0.29) is 12.5 Å². The van der Waals surface area contributed by atoms with E-state index in [2.05, 4.69) is 4.98 Å². The minimum absolute atomic E-state index is 0.307. The first-order chi connectivity index (χ1) is 15.7. The molecule has 5 nitrogen and oxygen atoms in total. The smallest absolute Gasteiger partial charge is 0.331 e. The number of benzene rings is 3.